The number of hydrogen-bond acceptors (Lipinski definition) is 5. The topological polar surface area (TPSA) is 75.9 Å². The first kappa shape index (κ1) is 12.1. The minimum Gasteiger partial charge on any atom is -0.459 e. The lowest BCUT2D eigenvalue weighted by Crippen LogP contribution is -2.27. The smallest absolute Gasteiger partial charge is 0.330 e. The molecule has 0 aliphatic rings. The average Bonchev–Trinajstić information content (AvgIpc) is 2.17. The van der Waals surface area contributed by atoms with E-state index in [0.29, 0.717) is 5.69 Å². The molecule has 5 heteroatoms. The van der Waals surface area contributed by atoms with Crippen LogP contribution in [0.1, 0.15) is 32.4 Å². The molecule has 16 heavy (non-hydrogen) atoms. The second kappa shape index (κ2) is 4.71. The van der Waals surface area contributed by atoms with Gasteiger partial charge in [-0.2, -0.15) is 5.26 Å². The van der Waals surface area contributed by atoms with Crippen LogP contribution in [0, 0.1) is 11.3 Å². The standard InChI is InChI=1S/C11H13N3O2/c1-11(2,3)16-10(15)8(6-12)9-7-13-4-5-14-9/h4-5,7-8H,1-3H3. The van der Waals surface area contributed by atoms with Crippen molar-refractivity contribution in [2.45, 2.75) is 32.3 Å². The molecule has 0 N–H and O–H groups in total. The Bertz CT molecular complexity index is 403. The molecule has 0 aromatic carbocycles. The van der Waals surface area contributed by atoms with Gasteiger partial charge in [-0.15, -0.1) is 0 Å². The predicted octanol–water partition coefficient (Wildman–Crippen LogP) is 1.43. The summed E-state index contributed by atoms with van der Waals surface area (Å²) in [5.74, 6) is -1.62. The fourth-order valence-electron chi connectivity index (χ4n) is 1.06. The highest BCUT2D eigenvalue weighted by Crippen LogP contribution is 2.17. The van der Waals surface area contributed by atoms with Crippen molar-refractivity contribution in [3.8, 4) is 6.07 Å². The summed E-state index contributed by atoms with van der Waals surface area (Å²) in [6.07, 6.45) is 4.30. The summed E-state index contributed by atoms with van der Waals surface area (Å²) in [7, 11) is 0. The molecule has 0 radical (unpaired) electrons. The van der Waals surface area contributed by atoms with Gasteiger partial charge >= 0.3 is 5.97 Å². The molecule has 0 spiro atoms. The van der Waals surface area contributed by atoms with Crippen molar-refractivity contribution in [3.05, 3.63) is 24.3 Å². The number of hydrogen-bond donors (Lipinski definition) is 0. The van der Waals surface area contributed by atoms with E-state index in [1.54, 1.807) is 20.8 Å². The highest BCUT2D eigenvalue weighted by Gasteiger charge is 2.27. The molecule has 1 rings (SSSR count). The minimum absolute atomic E-state index is 0.305. The van der Waals surface area contributed by atoms with Gasteiger partial charge in [0.05, 0.1) is 18.0 Å². The Hall–Kier alpha value is -1.96. The third kappa shape index (κ3) is 3.31. The average molecular weight is 219 g/mol. The first-order valence-corrected chi connectivity index (χ1v) is 4.82. The van der Waals surface area contributed by atoms with E-state index >= 15 is 0 Å². The van der Waals surface area contributed by atoms with Crippen LogP contribution >= 0.6 is 0 Å². The zero-order valence-corrected chi connectivity index (χ0v) is 9.47. The van der Waals surface area contributed by atoms with E-state index in [9.17, 15) is 4.79 Å². The van der Waals surface area contributed by atoms with Gasteiger partial charge in [0, 0.05) is 12.4 Å². The summed E-state index contributed by atoms with van der Waals surface area (Å²) in [5, 5.41) is 8.93. The Labute approximate surface area is 94.1 Å². The molecule has 0 aliphatic carbocycles. The maximum Gasteiger partial charge on any atom is 0.330 e. The Morgan fingerprint density at radius 3 is 2.62 bits per heavy atom. The third-order valence-electron chi connectivity index (χ3n) is 1.65. The summed E-state index contributed by atoms with van der Waals surface area (Å²) in [5.41, 5.74) is -0.312. The van der Waals surface area contributed by atoms with E-state index in [1.807, 2.05) is 6.07 Å². The Kier molecular flexibility index (Phi) is 3.56. The molecular formula is C11H13N3O2. The number of carbonyl (C=O) groups is 1. The molecule has 0 aliphatic heterocycles. The molecule has 0 saturated carbocycles. The lowest BCUT2D eigenvalue weighted by Gasteiger charge is -2.20. The van der Waals surface area contributed by atoms with E-state index in [4.69, 9.17) is 10.00 Å². The van der Waals surface area contributed by atoms with Gasteiger partial charge in [0.2, 0.25) is 0 Å². The highest BCUT2D eigenvalue weighted by molar-refractivity contribution is 5.80. The van der Waals surface area contributed by atoms with Gasteiger partial charge in [-0.1, -0.05) is 0 Å². The van der Waals surface area contributed by atoms with Crippen LogP contribution < -0.4 is 0 Å². The molecule has 1 atom stereocenters. The van der Waals surface area contributed by atoms with Crippen LogP contribution in [0.3, 0.4) is 0 Å². The summed E-state index contributed by atoms with van der Waals surface area (Å²) in [4.78, 5) is 19.4. The van der Waals surface area contributed by atoms with Crippen molar-refractivity contribution in [2.75, 3.05) is 0 Å². The maximum absolute atomic E-state index is 11.7. The number of aromatic nitrogens is 2. The van der Waals surface area contributed by atoms with Crippen LogP contribution in [-0.2, 0) is 9.53 Å². The van der Waals surface area contributed by atoms with Gasteiger partial charge in [0.1, 0.15) is 5.60 Å². The minimum atomic E-state index is -1.02. The van der Waals surface area contributed by atoms with Crippen molar-refractivity contribution >= 4 is 5.97 Å². The number of ether oxygens (including phenoxy) is 1. The van der Waals surface area contributed by atoms with Crippen LogP contribution in [0.4, 0.5) is 0 Å². The van der Waals surface area contributed by atoms with Crippen LogP contribution in [0.15, 0.2) is 18.6 Å². The van der Waals surface area contributed by atoms with E-state index in [0.717, 1.165) is 0 Å². The molecule has 1 aromatic heterocycles. The van der Waals surface area contributed by atoms with Gasteiger partial charge in [-0.05, 0) is 20.8 Å². The van der Waals surface area contributed by atoms with Gasteiger partial charge < -0.3 is 4.74 Å². The lowest BCUT2D eigenvalue weighted by molar-refractivity contribution is -0.155. The number of carbonyl (C=O) groups excluding carboxylic acids is 1. The molecule has 5 nitrogen and oxygen atoms in total. The summed E-state index contributed by atoms with van der Waals surface area (Å²) < 4.78 is 5.12. The molecule has 0 saturated heterocycles. The monoisotopic (exact) mass is 219 g/mol. The maximum atomic E-state index is 11.7. The summed E-state index contributed by atoms with van der Waals surface area (Å²) in [6.45, 7) is 5.24. The Morgan fingerprint density at radius 1 is 1.50 bits per heavy atom. The molecule has 0 bridgehead atoms. The van der Waals surface area contributed by atoms with Crippen molar-refractivity contribution in [1.82, 2.24) is 9.97 Å². The lowest BCUT2D eigenvalue weighted by atomic mass is 10.1. The predicted molar refractivity (Wildman–Crippen MR) is 56.2 cm³/mol. The zero-order chi connectivity index (χ0) is 12.2. The first-order chi connectivity index (χ1) is 7.44. The highest BCUT2D eigenvalue weighted by atomic mass is 16.6. The molecule has 0 fully saturated rings. The van der Waals surface area contributed by atoms with Crippen LogP contribution in [0.2, 0.25) is 0 Å². The molecule has 1 aromatic rings. The summed E-state index contributed by atoms with van der Waals surface area (Å²) in [6, 6.07) is 1.86. The molecule has 0 amide bonds. The largest absolute Gasteiger partial charge is 0.459 e. The van der Waals surface area contributed by atoms with Gasteiger partial charge in [0.25, 0.3) is 0 Å². The Morgan fingerprint density at radius 2 is 2.19 bits per heavy atom. The second-order valence-corrected chi connectivity index (χ2v) is 4.23. The van der Waals surface area contributed by atoms with E-state index in [1.165, 1.54) is 18.6 Å². The number of rotatable bonds is 2. The van der Waals surface area contributed by atoms with E-state index < -0.39 is 17.5 Å². The van der Waals surface area contributed by atoms with Crippen molar-refractivity contribution in [1.29, 1.82) is 5.26 Å². The number of nitrogens with zero attached hydrogens (tertiary/aromatic N) is 3. The normalized spacial score (nSPS) is 12.6. The van der Waals surface area contributed by atoms with E-state index in [-0.39, 0.29) is 0 Å². The fraction of sp³-hybridized carbons (Fsp3) is 0.455. The molecule has 1 unspecified atom stereocenters. The Balaban J connectivity index is 2.85. The summed E-state index contributed by atoms with van der Waals surface area (Å²) >= 11 is 0. The van der Waals surface area contributed by atoms with Gasteiger partial charge in [-0.3, -0.25) is 14.8 Å². The van der Waals surface area contributed by atoms with Crippen LogP contribution in [-0.4, -0.2) is 21.5 Å². The number of nitriles is 1. The van der Waals surface area contributed by atoms with Gasteiger partial charge in [-0.25, -0.2) is 0 Å². The molecular weight excluding hydrogens is 206 g/mol. The second-order valence-electron chi connectivity index (χ2n) is 4.23. The zero-order valence-electron chi connectivity index (χ0n) is 9.47. The third-order valence-corrected chi connectivity index (χ3v) is 1.65. The molecule has 1 heterocycles. The fourth-order valence-corrected chi connectivity index (χ4v) is 1.06. The SMILES string of the molecule is CC(C)(C)OC(=O)C(C#N)c1cnccn1. The molecule has 84 valence electrons. The quantitative estimate of drug-likeness (QED) is 0.703. The first-order valence-electron chi connectivity index (χ1n) is 4.82. The van der Waals surface area contributed by atoms with Crippen molar-refractivity contribution in [3.63, 3.8) is 0 Å². The van der Waals surface area contributed by atoms with Crippen LogP contribution in [0.25, 0.3) is 0 Å². The van der Waals surface area contributed by atoms with Crippen molar-refractivity contribution < 1.29 is 9.53 Å². The van der Waals surface area contributed by atoms with E-state index in [2.05, 4.69) is 9.97 Å². The van der Waals surface area contributed by atoms with Crippen LogP contribution in [0.5, 0.6) is 0 Å². The van der Waals surface area contributed by atoms with Crippen molar-refractivity contribution in [2.24, 2.45) is 0 Å². The number of esters is 1. The van der Waals surface area contributed by atoms with Gasteiger partial charge in [0.15, 0.2) is 5.92 Å².